The van der Waals surface area contributed by atoms with Gasteiger partial charge in [0.2, 0.25) is 10.0 Å². The number of amides is 1. The molecule has 0 aliphatic carbocycles. The highest BCUT2D eigenvalue weighted by molar-refractivity contribution is 7.89. The summed E-state index contributed by atoms with van der Waals surface area (Å²) in [7, 11) is -1.31. The normalized spacial score (nSPS) is 16.1. The summed E-state index contributed by atoms with van der Waals surface area (Å²) in [5.41, 5.74) is 0. The number of carbonyl (C=O) groups excluding carboxylic acids is 1. The molecule has 0 aromatic heterocycles. The Labute approximate surface area is 185 Å². The number of likely N-dealkylation sites (tertiary alicyclic amines) is 1. The van der Waals surface area contributed by atoms with E-state index in [4.69, 9.17) is 9.47 Å². The first-order valence-corrected chi connectivity index (χ1v) is 11.0. The molecule has 0 bridgehead atoms. The first kappa shape index (κ1) is 26.8. The molecule has 2 rings (SSSR count). The number of methoxy groups -OCH3 is 2. The maximum Gasteiger partial charge on any atom is 0.434 e. The number of hydrogen-bond acceptors (Lipinski definition) is 6. The van der Waals surface area contributed by atoms with Gasteiger partial charge in [0.1, 0.15) is 16.4 Å². The Hall–Kier alpha value is -2.42. The van der Waals surface area contributed by atoms with Crippen LogP contribution < -0.4 is 14.2 Å². The van der Waals surface area contributed by atoms with Crippen molar-refractivity contribution in [1.29, 1.82) is 0 Å². The van der Waals surface area contributed by atoms with E-state index in [0.29, 0.717) is 5.75 Å². The zero-order chi connectivity index (χ0) is 25.0. The third-order valence-electron chi connectivity index (χ3n) is 4.91. The molecule has 1 saturated heterocycles. The Morgan fingerprint density at radius 2 is 1.67 bits per heavy atom. The predicted octanol–water partition coefficient (Wildman–Crippen LogP) is 3.32. The number of benzene rings is 1. The van der Waals surface area contributed by atoms with Gasteiger partial charge < -0.3 is 19.1 Å². The van der Waals surface area contributed by atoms with Crippen molar-refractivity contribution in [3.05, 3.63) is 18.2 Å². The summed E-state index contributed by atoms with van der Waals surface area (Å²) < 4.78 is 117. The summed E-state index contributed by atoms with van der Waals surface area (Å²) in [5, 5.41) is 0. The zero-order valence-corrected chi connectivity index (χ0v) is 18.3. The SMILES string of the molecule is COc1ccc(S(=O)(=O)NCC2CCN(C(=O)OC(C(F)(F)F)C(F)(F)F)CC2)c(OC)c1. The van der Waals surface area contributed by atoms with Gasteiger partial charge in [-0.1, -0.05) is 0 Å². The molecule has 1 N–H and O–H groups in total. The van der Waals surface area contributed by atoms with E-state index in [1.54, 1.807) is 0 Å². The molecule has 1 heterocycles. The highest BCUT2D eigenvalue weighted by Gasteiger charge is 2.60. The zero-order valence-electron chi connectivity index (χ0n) is 17.5. The number of piperidine rings is 1. The van der Waals surface area contributed by atoms with Gasteiger partial charge in [0.05, 0.1) is 14.2 Å². The van der Waals surface area contributed by atoms with Crippen LogP contribution in [0.15, 0.2) is 23.1 Å². The molecular formula is C18H22F6N2O6S. The van der Waals surface area contributed by atoms with Crippen LogP contribution >= 0.6 is 0 Å². The van der Waals surface area contributed by atoms with Gasteiger partial charge in [-0.3, -0.25) is 0 Å². The molecule has 0 saturated carbocycles. The number of nitrogens with zero attached hydrogens (tertiary/aromatic N) is 1. The Bertz CT molecular complexity index is 915. The van der Waals surface area contributed by atoms with Crippen molar-refractivity contribution in [2.75, 3.05) is 33.9 Å². The summed E-state index contributed by atoms with van der Waals surface area (Å²) in [5.74, 6) is 0.112. The third-order valence-corrected chi connectivity index (χ3v) is 6.37. The highest BCUT2D eigenvalue weighted by atomic mass is 32.2. The quantitative estimate of drug-likeness (QED) is 0.568. The summed E-state index contributed by atoms with van der Waals surface area (Å²) in [6, 6.07) is 4.10. The number of alkyl halides is 6. The second kappa shape index (κ2) is 10.2. The maximum absolute atomic E-state index is 12.6. The minimum Gasteiger partial charge on any atom is -0.497 e. The number of ether oxygens (including phenoxy) is 3. The van der Waals surface area contributed by atoms with Gasteiger partial charge in [0.25, 0.3) is 6.10 Å². The van der Waals surface area contributed by atoms with Crippen molar-refractivity contribution in [3.63, 3.8) is 0 Å². The standard InChI is InChI=1S/C18H22F6N2O6S/c1-30-12-3-4-14(13(9-12)31-2)33(28,29)25-10-11-5-7-26(8-6-11)16(27)32-15(17(19,20)21)18(22,23)24/h3-4,9,11,15,25H,5-8,10H2,1-2H3. The van der Waals surface area contributed by atoms with Crippen LogP contribution in [-0.4, -0.2) is 71.7 Å². The van der Waals surface area contributed by atoms with Crippen LogP contribution in [0.5, 0.6) is 11.5 Å². The van der Waals surface area contributed by atoms with E-state index in [1.165, 1.54) is 32.4 Å². The van der Waals surface area contributed by atoms with E-state index in [2.05, 4.69) is 9.46 Å². The van der Waals surface area contributed by atoms with Crippen LogP contribution in [0.25, 0.3) is 0 Å². The summed E-state index contributed by atoms with van der Waals surface area (Å²) in [6.07, 6.45) is -17.3. The van der Waals surface area contributed by atoms with E-state index in [-0.39, 0.29) is 49.0 Å². The van der Waals surface area contributed by atoms with Crippen molar-refractivity contribution in [1.82, 2.24) is 9.62 Å². The second-order valence-corrected chi connectivity index (χ2v) is 8.88. The van der Waals surface area contributed by atoms with E-state index in [1.807, 2.05) is 0 Å². The molecule has 1 aromatic rings. The second-order valence-electron chi connectivity index (χ2n) is 7.15. The molecule has 1 aliphatic heterocycles. The fraction of sp³-hybridized carbons (Fsp3) is 0.611. The number of nitrogens with one attached hydrogen (secondary N) is 1. The molecule has 0 radical (unpaired) electrons. The average Bonchev–Trinajstić information content (AvgIpc) is 2.74. The molecule has 8 nitrogen and oxygen atoms in total. The fourth-order valence-electron chi connectivity index (χ4n) is 3.12. The Morgan fingerprint density at radius 1 is 1.09 bits per heavy atom. The van der Waals surface area contributed by atoms with Gasteiger partial charge in [0.15, 0.2) is 0 Å². The van der Waals surface area contributed by atoms with E-state index >= 15 is 0 Å². The molecule has 0 spiro atoms. The molecule has 188 valence electrons. The topological polar surface area (TPSA) is 94.2 Å². The molecule has 0 atom stereocenters. The van der Waals surface area contributed by atoms with Crippen molar-refractivity contribution >= 4 is 16.1 Å². The summed E-state index contributed by atoms with van der Waals surface area (Å²) in [4.78, 5) is 12.4. The molecule has 1 aromatic carbocycles. The number of carbonyl (C=O) groups is 1. The number of halogens is 6. The predicted molar refractivity (Wildman–Crippen MR) is 101 cm³/mol. The first-order valence-electron chi connectivity index (χ1n) is 9.49. The minimum atomic E-state index is -5.80. The Morgan fingerprint density at radius 3 is 2.15 bits per heavy atom. The van der Waals surface area contributed by atoms with Crippen LogP contribution in [0.1, 0.15) is 12.8 Å². The van der Waals surface area contributed by atoms with Crippen LogP contribution in [-0.2, 0) is 14.8 Å². The molecule has 0 unspecified atom stereocenters. The molecule has 1 fully saturated rings. The number of hydrogen-bond donors (Lipinski definition) is 1. The lowest BCUT2D eigenvalue weighted by molar-refractivity contribution is -0.308. The summed E-state index contributed by atoms with van der Waals surface area (Å²) in [6.45, 7) is -0.451. The lowest BCUT2D eigenvalue weighted by Crippen LogP contribution is -2.49. The van der Waals surface area contributed by atoms with Crippen molar-refractivity contribution in [2.24, 2.45) is 5.92 Å². The number of sulfonamides is 1. The smallest absolute Gasteiger partial charge is 0.434 e. The first-order chi connectivity index (χ1) is 15.2. The Balaban J connectivity index is 1.93. The van der Waals surface area contributed by atoms with Crippen LogP contribution in [0, 0.1) is 5.92 Å². The lowest BCUT2D eigenvalue weighted by Gasteiger charge is -2.33. The van der Waals surface area contributed by atoms with E-state index < -0.39 is 34.6 Å². The largest absolute Gasteiger partial charge is 0.497 e. The molecule has 33 heavy (non-hydrogen) atoms. The van der Waals surface area contributed by atoms with Gasteiger partial charge in [-0.05, 0) is 30.9 Å². The minimum absolute atomic E-state index is 0.0447. The van der Waals surface area contributed by atoms with Gasteiger partial charge >= 0.3 is 18.4 Å². The van der Waals surface area contributed by atoms with Gasteiger partial charge in [0, 0.05) is 25.7 Å². The third kappa shape index (κ3) is 7.03. The van der Waals surface area contributed by atoms with E-state index in [0.717, 1.165) is 4.90 Å². The fourth-order valence-corrected chi connectivity index (χ4v) is 4.38. The molecule has 1 amide bonds. The van der Waals surface area contributed by atoms with Crippen molar-refractivity contribution in [2.45, 2.75) is 36.2 Å². The van der Waals surface area contributed by atoms with E-state index in [9.17, 15) is 39.6 Å². The van der Waals surface area contributed by atoms with Gasteiger partial charge in [-0.25, -0.2) is 17.9 Å². The lowest BCUT2D eigenvalue weighted by atomic mass is 9.97. The van der Waals surface area contributed by atoms with Crippen LogP contribution in [0.4, 0.5) is 31.1 Å². The van der Waals surface area contributed by atoms with Crippen molar-refractivity contribution in [3.8, 4) is 11.5 Å². The maximum atomic E-state index is 12.6. The summed E-state index contributed by atoms with van der Waals surface area (Å²) >= 11 is 0. The van der Waals surface area contributed by atoms with Gasteiger partial charge in [-0.2, -0.15) is 26.3 Å². The highest BCUT2D eigenvalue weighted by Crippen LogP contribution is 2.36. The van der Waals surface area contributed by atoms with Crippen LogP contribution in [0.2, 0.25) is 0 Å². The molecule has 1 aliphatic rings. The van der Waals surface area contributed by atoms with Crippen LogP contribution in [0.3, 0.4) is 0 Å². The monoisotopic (exact) mass is 508 g/mol. The van der Waals surface area contributed by atoms with Gasteiger partial charge in [-0.15, -0.1) is 0 Å². The Kier molecular flexibility index (Phi) is 8.32. The molecular weight excluding hydrogens is 486 g/mol. The molecule has 15 heteroatoms. The number of rotatable bonds is 7. The van der Waals surface area contributed by atoms with Crippen molar-refractivity contribution < 1.29 is 53.8 Å². The average molecular weight is 508 g/mol.